The Hall–Kier alpha value is -0.260. The molecule has 0 radical (unpaired) electrons. The predicted molar refractivity (Wildman–Crippen MR) is 101 cm³/mol. The molecule has 0 aliphatic carbocycles. The minimum absolute atomic E-state index is 0.0319. The number of hydrogen-bond acceptors (Lipinski definition) is 6. The lowest BCUT2D eigenvalue weighted by Crippen LogP contribution is -2.54. The number of ether oxygens (including phenoxy) is 2. The predicted octanol–water partition coefficient (Wildman–Crippen LogP) is -1.23. The molecule has 2 heterocycles. The van der Waals surface area contributed by atoms with Crippen LogP contribution in [0.4, 0.5) is 0 Å². The molecule has 0 N–H and O–H groups in total. The highest BCUT2D eigenvalue weighted by molar-refractivity contribution is 7.95. The third kappa shape index (κ3) is 7.40. The number of morpholine rings is 2. The molecule has 0 aromatic heterocycles. The molecule has 2 aliphatic heterocycles. The molecule has 2 fully saturated rings. The van der Waals surface area contributed by atoms with Crippen LogP contribution in [-0.2, 0) is 29.1 Å². The van der Waals surface area contributed by atoms with Gasteiger partial charge in [-0.3, -0.25) is 0 Å². The number of nitrogens with zero attached hydrogens (tertiary/aromatic N) is 2. The topological polar surface area (TPSA) is 86.7 Å². The second-order valence-electron chi connectivity index (χ2n) is 8.11. The van der Waals surface area contributed by atoms with Crippen LogP contribution >= 0.6 is 0 Å². The van der Waals surface area contributed by atoms with E-state index in [4.69, 9.17) is 9.47 Å². The zero-order valence-electron chi connectivity index (χ0n) is 16.1. The average molecular weight is 415 g/mol. The lowest BCUT2D eigenvalue weighted by molar-refractivity contribution is -0.914. The third-order valence-electron chi connectivity index (χ3n) is 5.69. The van der Waals surface area contributed by atoms with Gasteiger partial charge in [-0.05, 0) is 0 Å². The first-order chi connectivity index (χ1) is 12.0. The zero-order valence-corrected chi connectivity index (χ0v) is 17.7. The third-order valence-corrected chi connectivity index (χ3v) is 9.21. The minimum atomic E-state index is -3.37. The van der Waals surface area contributed by atoms with Crippen molar-refractivity contribution in [1.82, 2.24) is 0 Å². The van der Waals surface area contributed by atoms with Crippen LogP contribution < -0.4 is 0 Å². The molecule has 0 aromatic rings. The summed E-state index contributed by atoms with van der Waals surface area (Å²) in [5, 5.41) is 0. The second kappa shape index (κ2) is 8.83. The van der Waals surface area contributed by atoms with E-state index in [9.17, 15) is 16.8 Å². The molecule has 154 valence electrons. The monoisotopic (exact) mass is 414 g/mol. The van der Waals surface area contributed by atoms with Gasteiger partial charge in [-0.1, -0.05) is 0 Å². The van der Waals surface area contributed by atoms with Crippen molar-refractivity contribution in [3.63, 3.8) is 0 Å². The molecule has 0 bridgehead atoms. The molecular weight excluding hydrogens is 380 g/mol. The van der Waals surface area contributed by atoms with Gasteiger partial charge in [0.05, 0.1) is 76.6 Å². The highest BCUT2D eigenvalue weighted by Crippen LogP contribution is 2.10. The molecule has 0 unspecified atom stereocenters. The van der Waals surface area contributed by atoms with E-state index in [1.807, 2.05) is 14.1 Å². The van der Waals surface area contributed by atoms with Gasteiger partial charge in [0.15, 0.2) is 19.7 Å². The van der Waals surface area contributed by atoms with Crippen molar-refractivity contribution in [2.24, 2.45) is 0 Å². The van der Waals surface area contributed by atoms with Gasteiger partial charge in [-0.2, -0.15) is 0 Å². The van der Waals surface area contributed by atoms with E-state index in [0.29, 0.717) is 48.5 Å². The Balaban J connectivity index is 1.77. The summed E-state index contributed by atoms with van der Waals surface area (Å²) in [4.78, 5) is 0. The molecule has 0 saturated carbocycles. The number of sulfone groups is 2. The Kier molecular flexibility index (Phi) is 7.48. The summed E-state index contributed by atoms with van der Waals surface area (Å²) in [6.45, 7) is 6.81. The Bertz CT molecular complexity index is 592. The van der Waals surface area contributed by atoms with Gasteiger partial charge in [-0.15, -0.1) is 0 Å². The quantitative estimate of drug-likeness (QED) is 0.439. The first-order valence-electron chi connectivity index (χ1n) is 9.27. The molecule has 2 rings (SSSR count). The molecule has 10 heteroatoms. The van der Waals surface area contributed by atoms with Crippen molar-refractivity contribution in [3.05, 3.63) is 0 Å². The summed E-state index contributed by atoms with van der Waals surface area (Å²) in [5.41, 5.74) is 0. The fourth-order valence-electron chi connectivity index (χ4n) is 3.19. The van der Waals surface area contributed by atoms with E-state index in [0.717, 1.165) is 26.2 Å². The average Bonchev–Trinajstić information content (AvgIpc) is 2.59. The van der Waals surface area contributed by atoms with Crippen molar-refractivity contribution in [2.75, 3.05) is 103 Å². The second-order valence-corrected chi connectivity index (χ2v) is 12.7. The summed E-state index contributed by atoms with van der Waals surface area (Å²) < 4.78 is 61.2. The Labute approximate surface area is 158 Å². The van der Waals surface area contributed by atoms with Gasteiger partial charge in [0.25, 0.3) is 0 Å². The van der Waals surface area contributed by atoms with Crippen LogP contribution in [0.5, 0.6) is 0 Å². The standard InChI is InChI=1S/C16H34N2O6S2/c1-17(3-9-23-10-4-17)7-13-25(19,20)15-16-26(21,22)14-8-18(2)5-11-24-12-6-18/h3-16H2,1-2H3/q+2. The molecule has 8 nitrogen and oxygen atoms in total. The Morgan fingerprint density at radius 3 is 1.23 bits per heavy atom. The van der Waals surface area contributed by atoms with Crippen LogP contribution in [0.2, 0.25) is 0 Å². The summed E-state index contributed by atoms with van der Waals surface area (Å²) in [6.07, 6.45) is 0. The zero-order chi connectivity index (χ0) is 19.3. The van der Waals surface area contributed by atoms with Crippen molar-refractivity contribution < 1.29 is 35.3 Å². The number of likely N-dealkylation sites (N-methyl/N-ethyl adjacent to an activating group) is 2. The Morgan fingerprint density at radius 1 is 0.615 bits per heavy atom. The first kappa shape index (κ1) is 22.0. The van der Waals surface area contributed by atoms with Gasteiger partial charge in [0, 0.05) is 0 Å². The maximum Gasteiger partial charge on any atom is 0.156 e. The van der Waals surface area contributed by atoms with E-state index in [-0.39, 0.29) is 23.0 Å². The van der Waals surface area contributed by atoms with Crippen LogP contribution in [0.15, 0.2) is 0 Å². The molecule has 2 aliphatic rings. The van der Waals surface area contributed by atoms with Crippen LogP contribution in [0.3, 0.4) is 0 Å². The molecule has 0 amide bonds. The van der Waals surface area contributed by atoms with Crippen molar-refractivity contribution in [3.8, 4) is 0 Å². The van der Waals surface area contributed by atoms with Crippen LogP contribution in [0.25, 0.3) is 0 Å². The fraction of sp³-hybridized carbons (Fsp3) is 1.00. The molecule has 2 saturated heterocycles. The highest BCUT2D eigenvalue weighted by Gasteiger charge is 2.30. The van der Waals surface area contributed by atoms with Gasteiger partial charge < -0.3 is 18.4 Å². The van der Waals surface area contributed by atoms with Gasteiger partial charge in [-0.25, -0.2) is 16.8 Å². The van der Waals surface area contributed by atoms with E-state index in [1.54, 1.807) is 0 Å². The summed E-state index contributed by atoms with van der Waals surface area (Å²) in [6, 6.07) is 0. The van der Waals surface area contributed by atoms with Gasteiger partial charge in [0.1, 0.15) is 26.2 Å². The first-order valence-corrected chi connectivity index (χ1v) is 12.9. The number of rotatable bonds is 9. The lowest BCUT2D eigenvalue weighted by atomic mass is 10.3. The lowest BCUT2D eigenvalue weighted by Gasteiger charge is -2.37. The summed E-state index contributed by atoms with van der Waals surface area (Å²) >= 11 is 0. The molecule has 26 heavy (non-hydrogen) atoms. The smallest absolute Gasteiger partial charge is 0.156 e. The van der Waals surface area contributed by atoms with Crippen LogP contribution in [0.1, 0.15) is 0 Å². The molecule has 0 spiro atoms. The molecular formula is C16H34N2O6S2+2. The van der Waals surface area contributed by atoms with Crippen LogP contribution in [-0.4, -0.2) is 129 Å². The van der Waals surface area contributed by atoms with E-state index in [1.165, 1.54) is 0 Å². The van der Waals surface area contributed by atoms with E-state index < -0.39 is 19.7 Å². The van der Waals surface area contributed by atoms with E-state index >= 15 is 0 Å². The molecule has 0 atom stereocenters. The number of hydrogen-bond donors (Lipinski definition) is 0. The summed E-state index contributed by atoms with van der Waals surface area (Å²) in [5.74, 6) is -0.494. The maximum absolute atomic E-state index is 12.3. The number of quaternary nitrogens is 2. The molecule has 0 aromatic carbocycles. The Morgan fingerprint density at radius 2 is 0.923 bits per heavy atom. The van der Waals surface area contributed by atoms with Gasteiger partial charge >= 0.3 is 0 Å². The van der Waals surface area contributed by atoms with Gasteiger partial charge in [0.2, 0.25) is 0 Å². The SMILES string of the molecule is C[N+]1(CCS(=O)(=O)CCS(=O)(=O)CC[N+]2(C)CCOCC2)CCOCC1. The van der Waals surface area contributed by atoms with Crippen molar-refractivity contribution in [2.45, 2.75) is 0 Å². The summed E-state index contributed by atoms with van der Waals surface area (Å²) in [7, 11) is -2.68. The fourth-order valence-corrected chi connectivity index (χ4v) is 7.07. The normalized spacial score (nSPS) is 23.6. The van der Waals surface area contributed by atoms with Crippen LogP contribution in [0, 0.1) is 0 Å². The largest absolute Gasteiger partial charge is 0.370 e. The van der Waals surface area contributed by atoms with Crippen molar-refractivity contribution in [1.29, 1.82) is 0 Å². The highest BCUT2D eigenvalue weighted by atomic mass is 32.2. The van der Waals surface area contributed by atoms with Crippen molar-refractivity contribution >= 4 is 19.7 Å². The van der Waals surface area contributed by atoms with E-state index in [2.05, 4.69) is 0 Å². The minimum Gasteiger partial charge on any atom is -0.370 e. The maximum atomic E-state index is 12.3.